The lowest BCUT2D eigenvalue weighted by molar-refractivity contribution is 0.371. The highest BCUT2D eigenvalue weighted by molar-refractivity contribution is 5.93. The van der Waals surface area contributed by atoms with E-state index in [1.165, 1.54) is 59.9 Å². The smallest absolute Gasteiger partial charge is 0.138 e. The Morgan fingerprint density at radius 2 is 1.90 bits per heavy atom. The molecule has 0 amide bonds. The van der Waals surface area contributed by atoms with Gasteiger partial charge in [-0.1, -0.05) is 36.9 Å². The predicted octanol–water partition coefficient (Wildman–Crippen LogP) is 6.90. The summed E-state index contributed by atoms with van der Waals surface area (Å²) in [6.07, 6.45) is 15.0. The van der Waals surface area contributed by atoms with Gasteiger partial charge in [0.05, 0.1) is 17.1 Å². The van der Waals surface area contributed by atoms with Crippen LogP contribution in [0.25, 0.3) is 27.7 Å². The van der Waals surface area contributed by atoms with E-state index in [1.807, 2.05) is 24.4 Å². The summed E-state index contributed by atoms with van der Waals surface area (Å²) in [6.45, 7) is 9.37. The van der Waals surface area contributed by atoms with Crippen molar-refractivity contribution in [3.8, 4) is 11.1 Å². The van der Waals surface area contributed by atoms with Crippen LogP contribution in [-0.2, 0) is 19.3 Å². The van der Waals surface area contributed by atoms with E-state index in [-0.39, 0.29) is 0 Å². The van der Waals surface area contributed by atoms with E-state index in [1.54, 1.807) is 0 Å². The number of rotatable bonds is 8. The number of likely N-dealkylation sites (tertiary alicyclic amines) is 1. The van der Waals surface area contributed by atoms with Crippen molar-refractivity contribution in [1.29, 1.82) is 0 Å². The number of hydrogen-bond acceptors (Lipinski definition) is 4. The second-order valence-corrected chi connectivity index (χ2v) is 10.8. The first-order valence-electron chi connectivity index (χ1n) is 14.2. The van der Waals surface area contributed by atoms with Crippen molar-refractivity contribution in [2.24, 2.45) is 0 Å². The van der Waals surface area contributed by atoms with E-state index in [2.05, 4.69) is 70.9 Å². The van der Waals surface area contributed by atoms with E-state index < -0.39 is 0 Å². The Balaban J connectivity index is 1.28. The summed E-state index contributed by atoms with van der Waals surface area (Å²) >= 11 is 0. The van der Waals surface area contributed by atoms with Gasteiger partial charge in [0, 0.05) is 30.2 Å². The molecule has 1 aliphatic heterocycles. The Bertz CT molecular complexity index is 1580. The highest BCUT2D eigenvalue weighted by atomic mass is 15.1. The van der Waals surface area contributed by atoms with Gasteiger partial charge in [-0.05, 0) is 116 Å². The maximum atomic E-state index is 6.43. The summed E-state index contributed by atoms with van der Waals surface area (Å²) in [6, 6.07) is 15.2. The molecule has 0 unspecified atom stereocenters. The molecule has 1 fully saturated rings. The number of allylic oxidation sites excluding steroid dienone is 3. The van der Waals surface area contributed by atoms with Crippen molar-refractivity contribution >= 4 is 22.3 Å². The van der Waals surface area contributed by atoms with E-state index in [9.17, 15) is 0 Å². The van der Waals surface area contributed by atoms with E-state index in [0.717, 1.165) is 53.3 Å². The predicted molar refractivity (Wildman–Crippen MR) is 163 cm³/mol. The number of aromatic nitrogens is 3. The summed E-state index contributed by atoms with van der Waals surface area (Å²) in [5.74, 6) is 0. The van der Waals surface area contributed by atoms with Crippen LogP contribution in [0.3, 0.4) is 0 Å². The van der Waals surface area contributed by atoms with Gasteiger partial charge in [0.2, 0.25) is 0 Å². The van der Waals surface area contributed by atoms with E-state index in [4.69, 9.17) is 10.7 Å². The maximum absolute atomic E-state index is 6.43. The number of nitrogen functional groups attached to an aromatic ring is 1. The average Bonchev–Trinajstić information content (AvgIpc) is 3.72. The molecular weight excluding hydrogens is 478 g/mol. The van der Waals surface area contributed by atoms with Crippen LogP contribution in [0.4, 0.5) is 5.69 Å². The number of aryl methyl sites for hydroxylation is 2. The summed E-state index contributed by atoms with van der Waals surface area (Å²) in [4.78, 5) is 15.7. The largest absolute Gasteiger partial charge is 0.397 e. The number of hydrogen-bond donors (Lipinski definition) is 2. The molecule has 6 rings (SSSR count). The van der Waals surface area contributed by atoms with Crippen LogP contribution in [0.1, 0.15) is 54.4 Å². The molecular formula is C34H37N5. The van der Waals surface area contributed by atoms with E-state index in [0.29, 0.717) is 12.1 Å². The molecule has 4 heterocycles. The van der Waals surface area contributed by atoms with Crippen LogP contribution in [0.15, 0.2) is 79.0 Å². The standard InChI is InChI=1S/C34H37N5/c1-3-23(22-39-16-5-6-17-39)18-24(4-2)32-13-12-31(35)33(38-32)21-28-20-30-29(14-15-36-34(30)37-28)27-11-10-25-8-7-9-26(25)19-27/h3-4,10-15,18-20H,1,5-9,16-17,21-22,35H2,2H3,(H,36,37)/b23-18+,24-4+. The minimum absolute atomic E-state index is 0.614. The Kier molecular flexibility index (Phi) is 7.16. The molecule has 3 N–H and O–H groups in total. The molecule has 1 saturated heterocycles. The maximum Gasteiger partial charge on any atom is 0.138 e. The first-order valence-corrected chi connectivity index (χ1v) is 14.2. The minimum atomic E-state index is 0.614. The third-order valence-electron chi connectivity index (χ3n) is 8.18. The molecule has 2 aliphatic rings. The third-order valence-corrected chi connectivity index (χ3v) is 8.18. The number of nitrogens with one attached hydrogen (secondary N) is 1. The normalized spacial score (nSPS) is 16.2. The molecule has 39 heavy (non-hydrogen) atoms. The summed E-state index contributed by atoms with van der Waals surface area (Å²) in [5.41, 5.74) is 18.6. The van der Waals surface area contributed by atoms with Gasteiger partial charge in [-0.3, -0.25) is 9.88 Å². The molecule has 5 nitrogen and oxygen atoms in total. The van der Waals surface area contributed by atoms with Gasteiger partial charge in [0.15, 0.2) is 0 Å². The molecule has 0 bridgehead atoms. The van der Waals surface area contributed by atoms with Crippen molar-refractivity contribution in [2.75, 3.05) is 25.4 Å². The Hall–Kier alpha value is -3.96. The minimum Gasteiger partial charge on any atom is -0.397 e. The highest BCUT2D eigenvalue weighted by Crippen LogP contribution is 2.33. The van der Waals surface area contributed by atoms with Gasteiger partial charge >= 0.3 is 0 Å². The van der Waals surface area contributed by atoms with Gasteiger partial charge in [-0.2, -0.15) is 0 Å². The van der Waals surface area contributed by atoms with Crippen LogP contribution in [0, 0.1) is 0 Å². The van der Waals surface area contributed by atoms with Crippen LogP contribution in [-0.4, -0.2) is 39.5 Å². The lowest BCUT2D eigenvalue weighted by Crippen LogP contribution is -2.21. The number of nitrogens with two attached hydrogens (primary N) is 1. The number of fused-ring (bicyclic) bond motifs is 2. The second-order valence-electron chi connectivity index (χ2n) is 10.8. The zero-order chi connectivity index (χ0) is 26.8. The fourth-order valence-electron chi connectivity index (χ4n) is 6.04. The SMILES string of the molecule is C=C/C(=C\C(=C/C)c1ccc(N)c(Cc2cc3c(-c4ccc5c(c4)CCC5)ccnc3[nH]2)n1)CN1CCCC1. The van der Waals surface area contributed by atoms with Gasteiger partial charge in [-0.15, -0.1) is 0 Å². The first-order chi connectivity index (χ1) is 19.1. The molecule has 0 spiro atoms. The van der Waals surface area contributed by atoms with Crippen LogP contribution >= 0.6 is 0 Å². The Morgan fingerprint density at radius 3 is 2.72 bits per heavy atom. The Labute approximate surface area is 231 Å². The quantitative estimate of drug-likeness (QED) is 0.251. The molecule has 3 aromatic heterocycles. The highest BCUT2D eigenvalue weighted by Gasteiger charge is 2.16. The van der Waals surface area contributed by atoms with Gasteiger partial charge in [-0.25, -0.2) is 4.98 Å². The molecule has 0 atom stereocenters. The topological polar surface area (TPSA) is 70.8 Å². The molecule has 1 aliphatic carbocycles. The van der Waals surface area contributed by atoms with Crippen molar-refractivity contribution in [1.82, 2.24) is 19.9 Å². The number of anilines is 1. The van der Waals surface area contributed by atoms with Gasteiger partial charge in [0.25, 0.3) is 0 Å². The van der Waals surface area contributed by atoms with Crippen LogP contribution in [0.2, 0.25) is 0 Å². The number of H-pyrrole nitrogens is 1. The van der Waals surface area contributed by atoms with Gasteiger partial charge in [0.1, 0.15) is 5.65 Å². The molecule has 5 heteroatoms. The van der Waals surface area contributed by atoms with Crippen molar-refractivity contribution in [3.63, 3.8) is 0 Å². The molecule has 1 aromatic carbocycles. The zero-order valence-corrected chi connectivity index (χ0v) is 22.8. The van der Waals surface area contributed by atoms with Crippen molar-refractivity contribution in [2.45, 2.75) is 45.4 Å². The van der Waals surface area contributed by atoms with Gasteiger partial charge < -0.3 is 10.7 Å². The molecule has 0 saturated carbocycles. The van der Waals surface area contributed by atoms with Crippen LogP contribution < -0.4 is 5.73 Å². The summed E-state index contributed by atoms with van der Waals surface area (Å²) < 4.78 is 0. The lowest BCUT2D eigenvalue weighted by Gasteiger charge is -2.16. The van der Waals surface area contributed by atoms with E-state index >= 15 is 0 Å². The summed E-state index contributed by atoms with van der Waals surface area (Å²) in [7, 11) is 0. The monoisotopic (exact) mass is 515 g/mol. The third kappa shape index (κ3) is 5.32. The zero-order valence-electron chi connectivity index (χ0n) is 22.8. The number of benzene rings is 1. The van der Waals surface area contributed by atoms with Crippen molar-refractivity contribution in [3.05, 3.63) is 107 Å². The average molecular weight is 516 g/mol. The Morgan fingerprint density at radius 1 is 1.05 bits per heavy atom. The fourth-order valence-corrected chi connectivity index (χ4v) is 6.04. The number of aromatic amines is 1. The first kappa shape index (κ1) is 25.3. The molecule has 4 aromatic rings. The second kappa shape index (κ2) is 11.0. The lowest BCUT2D eigenvalue weighted by atomic mass is 9.99. The molecule has 0 radical (unpaired) electrons. The molecule has 198 valence electrons. The van der Waals surface area contributed by atoms with Crippen molar-refractivity contribution < 1.29 is 0 Å². The summed E-state index contributed by atoms with van der Waals surface area (Å²) in [5, 5.41) is 1.13. The number of pyridine rings is 2. The number of nitrogens with zero attached hydrogens (tertiary/aromatic N) is 3. The fraction of sp³-hybridized carbons (Fsp3) is 0.294. The van der Waals surface area contributed by atoms with Crippen LogP contribution in [0.5, 0.6) is 0 Å².